The molecule has 2 unspecified atom stereocenters. The maximum absolute atomic E-state index is 12.3. The fourth-order valence-electron chi connectivity index (χ4n) is 3.34. The lowest BCUT2D eigenvalue weighted by Crippen LogP contribution is -2.47. The second kappa shape index (κ2) is 7.38. The van der Waals surface area contributed by atoms with Crippen molar-refractivity contribution in [2.45, 2.75) is 24.5 Å². The molecule has 0 bridgehead atoms. The predicted octanol–water partition coefficient (Wildman–Crippen LogP) is 2.43. The SMILES string of the molecule is O=C(NCC1SCCc2ccccc21)N1CCCC(CO)C1. The molecule has 1 saturated heterocycles. The van der Waals surface area contributed by atoms with Crippen LogP contribution in [-0.2, 0) is 6.42 Å². The van der Waals surface area contributed by atoms with E-state index in [1.165, 1.54) is 11.1 Å². The topological polar surface area (TPSA) is 52.6 Å². The highest BCUT2D eigenvalue weighted by Crippen LogP contribution is 2.36. The number of carbonyl (C=O) groups is 1. The number of amides is 2. The minimum absolute atomic E-state index is 0.0156. The Balaban J connectivity index is 1.55. The molecule has 2 aliphatic heterocycles. The number of likely N-dealkylation sites (tertiary alicyclic amines) is 1. The highest BCUT2D eigenvalue weighted by Gasteiger charge is 2.25. The van der Waals surface area contributed by atoms with E-state index < -0.39 is 0 Å². The molecule has 2 aliphatic rings. The van der Waals surface area contributed by atoms with Gasteiger partial charge in [-0.25, -0.2) is 4.79 Å². The Labute approximate surface area is 136 Å². The molecule has 22 heavy (non-hydrogen) atoms. The van der Waals surface area contributed by atoms with Crippen molar-refractivity contribution in [2.75, 3.05) is 32.0 Å². The molecular weight excluding hydrogens is 296 g/mol. The van der Waals surface area contributed by atoms with Gasteiger partial charge in [-0.1, -0.05) is 24.3 Å². The van der Waals surface area contributed by atoms with Crippen molar-refractivity contribution >= 4 is 17.8 Å². The Morgan fingerprint density at radius 3 is 3.14 bits per heavy atom. The van der Waals surface area contributed by atoms with Gasteiger partial charge in [-0.2, -0.15) is 11.8 Å². The van der Waals surface area contributed by atoms with Gasteiger partial charge < -0.3 is 15.3 Å². The summed E-state index contributed by atoms with van der Waals surface area (Å²) >= 11 is 1.93. The average molecular weight is 320 g/mol. The van der Waals surface area contributed by atoms with Gasteiger partial charge in [0.25, 0.3) is 0 Å². The molecule has 0 spiro atoms. The van der Waals surface area contributed by atoms with E-state index in [0.717, 1.165) is 31.6 Å². The van der Waals surface area contributed by atoms with E-state index in [9.17, 15) is 9.90 Å². The average Bonchev–Trinajstić information content (AvgIpc) is 2.59. The summed E-state index contributed by atoms with van der Waals surface area (Å²) in [4.78, 5) is 14.2. The van der Waals surface area contributed by atoms with Crippen molar-refractivity contribution in [1.82, 2.24) is 10.2 Å². The van der Waals surface area contributed by atoms with Crippen LogP contribution >= 0.6 is 11.8 Å². The molecular formula is C17H24N2O2S. The number of aliphatic hydroxyl groups excluding tert-OH is 1. The first-order chi connectivity index (χ1) is 10.8. The predicted molar refractivity (Wildman–Crippen MR) is 90.1 cm³/mol. The highest BCUT2D eigenvalue weighted by molar-refractivity contribution is 7.99. The fourth-order valence-corrected chi connectivity index (χ4v) is 4.57. The number of nitrogens with one attached hydrogen (secondary N) is 1. The molecule has 120 valence electrons. The van der Waals surface area contributed by atoms with Crippen LogP contribution in [-0.4, -0.2) is 48.0 Å². The zero-order valence-corrected chi connectivity index (χ0v) is 13.6. The lowest BCUT2D eigenvalue weighted by Gasteiger charge is -2.33. The zero-order valence-electron chi connectivity index (χ0n) is 12.8. The number of rotatable bonds is 3. The van der Waals surface area contributed by atoms with Crippen molar-refractivity contribution in [3.8, 4) is 0 Å². The molecule has 2 amide bonds. The smallest absolute Gasteiger partial charge is 0.317 e. The number of nitrogens with zero attached hydrogens (tertiary/aromatic N) is 1. The summed E-state index contributed by atoms with van der Waals surface area (Å²) in [5, 5.41) is 12.7. The molecule has 1 aromatic rings. The lowest BCUT2D eigenvalue weighted by molar-refractivity contribution is 0.129. The largest absolute Gasteiger partial charge is 0.396 e. The molecule has 2 heterocycles. The third-order valence-corrected chi connectivity index (χ3v) is 5.86. The van der Waals surface area contributed by atoms with Crippen molar-refractivity contribution in [3.63, 3.8) is 0 Å². The van der Waals surface area contributed by atoms with Crippen LogP contribution in [0.15, 0.2) is 24.3 Å². The monoisotopic (exact) mass is 320 g/mol. The Morgan fingerprint density at radius 2 is 2.27 bits per heavy atom. The zero-order chi connectivity index (χ0) is 15.4. The summed E-state index contributed by atoms with van der Waals surface area (Å²) in [5.74, 6) is 1.36. The third-order valence-electron chi connectivity index (χ3n) is 4.60. The van der Waals surface area contributed by atoms with Crippen LogP contribution in [0, 0.1) is 5.92 Å². The van der Waals surface area contributed by atoms with E-state index in [1.807, 2.05) is 16.7 Å². The van der Waals surface area contributed by atoms with Crippen molar-refractivity contribution in [2.24, 2.45) is 5.92 Å². The lowest BCUT2D eigenvalue weighted by atomic mass is 9.99. The summed E-state index contributed by atoms with van der Waals surface area (Å²) in [5.41, 5.74) is 2.78. The molecule has 0 aromatic heterocycles. The summed E-state index contributed by atoms with van der Waals surface area (Å²) in [6.45, 7) is 2.34. The Morgan fingerprint density at radius 1 is 1.41 bits per heavy atom. The van der Waals surface area contributed by atoms with E-state index >= 15 is 0 Å². The molecule has 0 saturated carbocycles. The maximum Gasteiger partial charge on any atom is 0.317 e. The summed E-state index contributed by atoms with van der Waals surface area (Å²) in [6, 6.07) is 8.56. The minimum Gasteiger partial charge on any atom is -0.396 e. The maximum atomic E-state index is 12.3. The number of hydrogen-bond donors (Lipinski definition) is 2. The molecule has 0 aliphatic carbocycles. The van der Waals surface area contributed by atoms with Gasteiger partial charge in [-0.15, -0.1) is 0 Å². The first kappa shape index (κ1) is 15.7. The second-order valence-corrected chi connectivity index (χ2v) is 7.44. The Hall–Kier alpha value is -1.20. The van der Waals surface area contributed by atoms with Gasteiger partial charge in [0.1, 0.15) is 0 Å². The number of carbonyl (C=O) groups excluding carboxylic acids is 1. The van der Waals surface area contributed by atoms with Gasteiger partial charge in [0.15, 0.2) is 0 Å². The van der Waals surface area contributed by atoms with Crippen LogP contribution in [0.1, 0.15) is 29.2 Å². The second-order valence-electron chi connectivity index (χ2n) is 6.13. The molecule has 3 rings (SSSR count). The molecule has 2 N–H and O–H groups in total. The number of aliphatic hydroxyl groups is 1. The number of aryl methyl sites for hydroxylation is 1. The first-order valence-corrected chi connectivity index (χ1v) is 9.16. The number of fused-ring (bicyclic) bond motifs is 1. The molecule has 2 atom stereocenters. The quantitative estimate of drug-likeness (QED) is 0.899. The van der Waals surface area contributed by atoms with E-state index in [-0.39, 0.29) is 18.6 Å². The van der Waals surface area contributed by atoms with Gasteiger partial charge >= 0.3 is 6.03 Å². The van der Waals surface area contributed by atoms with Crippen LogP contribution in [0.4, 0.5) is 4.79 Å². The number of piperidine rings is 1. The molecule has 1 aromatic carbocycles. The summed E-state index contributed by atoms with van der Waals surface area (Å²) < 4.78 is 0. The van der Waals surface area contributed by atoms with Crippen LogP contribution in [0.3, 0.4) is 0 Å². The number of urea groups is 1. The van der Waals surface area contributed by atoms with Gasteiger partial charge in [-0.05, 0) is 42.1 Å². The third kappa shape index (κ3) is 3.58. The number of thioether (sulfide) groups is 1. The van der Waals surface area contributed by atoms with Gasteiger partial charge in [0.2, 0.25) is 0 Å². The van der Waals surface area contributed by atoms with E-state index in [0.29, 0.717) is 18.3 Å². The molecule has 5 heteroatoms. The van der Waals surface area contributed by atoms with Crippen molar-refractivity contribution in [3.05, 3.63) is 35.4 Å². The minimum atomic E-state index is 0.0156. The molecule has 0 radical (unpaired) electrons. The van der Waals surface area contributed by atoms with E-state index in [4.69, 9.17) is 0 Å². The van der Waals surface area contributed by atoms with Crippen LogP contribution in [0.2, 0.25) is 0 Å². The normalized spacial score (nSPS) is 24.7. The standard InChI is InChI=1S/C17H24N2O2S/c20-12-13-4-3-8-19(11-13)17(21)18-10-16-15-6-2-1-5-14(15)7-9-22-16/h1-2,5-6,13,16,20H,3-4,7-12H2,(H,18,21). The summed E-state index contributed by atoms with van der Waals surface area (Å²) in [7, 11) is 0. The van der Waals surface area contributed by atoms with Gasteiger partial charge in [0, 0.05) is 31.5 Å². The van der Waals surface area contributed by atoms with Crippen LogP contribution < -0.4 is 5.32 Å². The number of benzene rings is 1. The molecule has 4 nitrogen and oxygen atoms in total. The van der Waals surface area contributed by atoms with Crippen LogP contribution in [0.25, 0.3) is 0 Å². The fraction of sp³-hybridized carbons (Fsp3) is 0.588. The van der Waals surface area contributed by atoms with Crippen LogP contribution in [0.5, 0.6) is 0 Å². The Kier molecular flexibility index (Phi) is 5.26. The molecule has 1 fully saturated rings. The summed E-state index contributed by atoms with van der Waals surface area (Å²) in [6.07, 6.45) is 3.13. The number of hydrogen-bond acceptors (Lipinski definition) is 3. The Bertz CT molecular complexity index is 523. The van der Waals surface area contributed by atoms with E-state index in [1.54, 1.807) is 0 Å². The van der Waals surface area contributed by atoms with Gasteiger partial charge in [0.05, 0.1) is 0 Å². The first-order valence-electron chi connectivity index (χ1n) is 8.11. The highest BCUT2D eigenvalue weighted by atomic mass is 32.2. The van der Waals surface area contributed by atoms with E-state index in [2.05, 4.69) is 29.6 Å². The van der Waals surface area contributed by atoms with Crippen molar-refractivity contribution in [1.29, 1.82) is 0 Å². The van der Waals surface area contributed by atoms with Gasteiger partial charge in [-0.3, -0.25) is 0 Å². The van der Waals surface area contributed by atoms with Crippen molar-refractivity contribution < 1.29 is 9.90 Å².